The molecule has 2 rings (SSSR count). The zero-order chi connectivity index (χ0) is 18.4. The summed E-state index contributed by atoms with van der Waals surface area (Å²) in [6.45, 7) is 2.89. The minimum Gasteiger partial charge on any atom is -0.480 e. The van der Waals surface area contributed by atoms with Crippen molar-refractivity contribution in [1.29, 1.82) is 0 Å². The molecule has 0 N–H and O–H groups in total. The molecule has 0 aliphatic rings. The Hall–Kier alpha value is -1.88. The van der Waals surface area contributed by atoms with Crippen LogP contribution in [0.1, 0.15) is 17.1 Å². The summed E-state index contributed by atoms with van der Waals surface area (Å²) in [7, 11) is -1.96. The molecule has 1 heterocycles. The van der Waals surface area contributed by atoms with E-state index in [-0.39, 0.29) is 6.61 Å². The number of aromatic nitrogens is 1. The average molecular weight is 384 g/mol. The van der Waals surface area contributed by atoms with Crippen LogP contribution in [0.5, 0.6) is 5.75 Å². The van der Waals surface area contributed by atoms with Gasteiger partial charge in [-0.1, -0.05) is 23.7 Å². The predicted octanol–water partition coefficient (Wildman–Crippen LogP) is 4.22. The van der Waals surface area contributed by atoms with Gasteiger partial charge in [0, 0.05) is 20.0 Å². The number of benzene rings is 1. The Morgan fingerprint density at radius 3 is 2.72 bits per heavy atom. The maximum atomic E-state index is 12.6. The summed E-state index contributed by atoms with van der Waals surface area (Å²) in [6, 6.07) is 10.3. The molecule has 0 aliphatic carbocycles. The van der Waals surface area contributed by atoms with Gasteiger partial charge in [-0.15, -0.1) is 0 Å². The van der Waals surface area contributed by atoms with E-state index in [0.717, 1.165) is 5.56 Å². The molecule has 2 aromatic rings. The van der Waals surface area contributed by atoms with E-state index in [9.17, 15) is 9.36 Å². The summed E-state index contributed by atoms with van der Waals surface area (Å²) >= 11 is 6.02. The molecular formula is C17H19ClNO5P. The quantitative estimate of drug-likeness (QED) is 0.526. The van der Waals surface area contributed by atoms with Gasteiger partial charge in [0.2, 0.25) is 13.2 Å². The predicted molar refractivity (Wildman–Crippen MR) is 95.3 cm³/mol. The standard InChI is InChI=1S/C17H19ClNO5P/c1-12-7-8-13(18)15(10-12)23-11-16(20)24-17(25(3,21)22-2)14-6-4-5-9-19-14/h4-10,17H,11H2,1-3H3. The highest BCUT2D eigenvalue weighted by molar-refractivity contribution is 7.58. The number of aryl methyl sites for hydroxylation is 1. The Kier molecular flexibility index (Phi) is 6.59. The number of hydrogen-bond donors (Lipinski definition) is 0. The van der Waals surface area contributed by atoms with E-state index in [0.29, 0.717) is 16.5 Å². The number of carbonyl (C=O) groups excluding carboxylic acids is 1. The molecule has 0 spiro atoms. The molecule has 2 atom stereocenters. The number of nitrogens with zero attached hydrogens (tertiary/aromatic N) is 1. The largest absolute Gasteiger partial charge is 0.480 e. The number of rotatable bonds is 7. The summed E-state index contributed by atoms with van der Waals surface area (Å²) in [4.78, 5) is 16.3. The SMILES string of the molecule is COP(C)(=O)C(OC(=O)COc1cc(C)ccc1Cl)c1ccccn1. The molecule has 134 valence electrons. The molecule has 0 aliphatic heterocycles. The lowest BCUT2D eigenvalue weighted by molar-refractivity contribution is -0.148. The maximum Gasteiger partial charge on any atom is 0.345 e. The van der Waals surface area contributed by atoms with Gasteiger partial charge >= 0.3 is 5.97 Å². The van der Waals surface area contributed by atoms with Crippen LogP contribution in [0.4, 0.5) is 0 Å². The fourth-order valence-corrected chi connectivity index (χ4v) is 3.34. The van der Waals surface area contributed by atoms with Crippen LogP contribution in [0.15, 0.2) is 42.6 Å². The number of hydrogen-bond acceptors (Lipinski definition) is 6. The van der Waals surface area contributed by atoms with Gasteiger partial charge in [-0.25, -0.2) is 4.79 Å². The van der Waals surface area contributed by atoms with Crippen molar-refractivity contribution in [3.05, 3.63) is 58.9 Å². The first kappa shape index (κ1) is 19.4. The zero-order valence-electron chi connectivity index (χ0n) is 14.1. The van der Waals surface area contributed by atoms with Crippen molar-refractivity contribution in [3.8, 4) is 5.75 Å². The molecule has 0 amide bonds. The number of halogens is 1. The molecule has 1 aromatic heterocycles. The summed E-state index contributed by atoms with van der Waals surface area (Å²) in [5.74, 6) is -1.44. The molecule has 0 radical (unpaired) electrons. The highest BCUT2D eigenvalue weighted by Gasteiger charge is 2.34. The van der Waals surface area contributed by atoms with Crippen molar-refractivity contribution >= 4 is 24.9 Å². The Labute approximate surface area is 151 Å². The van der Waals surface area contributed by atoms with Gasteiger partial charge in [-0.05, 0) is 36.8 Å². The monoisotopic (exact) mass is 383 g/mol. The smallest absolute Gasteiger partial charge is 0.345 e. The van der Waals surface area contributed by atoms with E-state index in [1.807, 2.05) is 13.0 Å². The van der Waals surface area contributed by atoms with E-state index in [1.165, 1.54) is 20.0 Å². The number of esters is 1. The number of ether oxygens (including phenoxy) is 2. The second-order valence-electron chi connectivity index (χ2n) is 5.41. The molecule has 2 unspecified atom stereocenters. The lowest BCUT2D eigenvalue weighted by Gasteiger charge is -2.22. The first-order chi connectivity index (χ1) is 11.8. The van der Waals surface area contributed by atoms with Crippen molar-refractivity contribution in [2.24, 2.45) is 0 Å². The van der Waals surface area contributed by atoms with Gasteiger partial charge in [0.25, 0.3) is 0 Å². The molecule has 0 bridgehead atoms. The Bertz CT molecular complexity index is 784. The topological polar surface area (TPSA) is 74.7 Å². The second kappa shape index (κ2) is 8.48. The van der Waals surface area contributed by atoms with E-state index in [2.05, 4.69) is 4.98 Å². The van der Waals surface area contributed by atoms with Crippen LogP contribution in [-0.2, 0) is 18.6 Å². The molecule has 25 heavy (non-hydrogen) atoms. The highest BCUT2D eigenvalue weighted by atomic mass is 35.5. The average Bonchev–Trinajstić information content (AvgIpc) is 2.61. The van der Waals surface area contributed by atoms with Gasteiger partial charge < -0.3 is 14.0 Å². The fraction of sp³-hybridized carbons (Fsp3) is 0.294. The van der Waals surface area contributed by atoms with E-state index in [1.54, 1.807) is 30.3 Å². The molecule has 0 saturated carbocycles. The second-order valence-corrected chi connectivity index (χ2v) is 8.47. The summed E-state index contributed by atoms with van der Waals surface area (Å²) in [6.07, 6.45) is 1.52. The van der Waals surface area contributed by atoms with Crippen molar-refractivity contribution in [1.82, 2.24) is 4.98 Å². The number of pyridine rings is 1. The van der Waals surface area contributed by atoms with E-state index >= 15 is 0 Å². The van der Waals surface area contributed by atoms with Crippen LogP contribution < -0.4 is 4.74 Å². The van der Waals surface area contributed by atoms with Crippen LogP contribution in [0.2, 0.25) is 5.02 Å². The normalized spacial score (nSPS) is 14.4. The highest BCUT2D eigenvalue weighted by Crippen LogP contribution is 2.56. The zero-order valence-corrected chi connectivity index (χ0v) is 15.8. The maximum absolute atomic E-state index is 12.6. The van der Waals surface area contributed by atoms with Crippen LogP contribution in [0.25, 0.3) is 0 Å². The van der Waals surface area contributed by atoms with Gasteiger partial charge in [0.05, 0.1) is 10.7 Å². The first-order valence-corrected chi connectivity index (χ1v) is 9.97. The van der Waals surface area contributed by atoms with Crippen molar-refractivity contribution < 1.29 is 23.4 Å². The molecular weight excluding hydrogens is 365 g/mol. The minimum absolute atomic E-state index is 0.345. The lowest BCUT2D eigenvalue weighted by atomic mass is 10.2. The van der Waals surface area contributed by atoms with Crippen LogP contribution in [0.3, 0.4) is 0 Å². The summed E-state index contributed by atoms with van der Waals surface area (Å²) < 4.78 is 28.4. The van der Waals surface area contributed by atoms with E-state index in [4.69, 9.17) is 25.6 Å². The molecule has 6 nitrogen and oxygen atoms in total. The third kappa shape index (κ3) is 5.30. The first-order valence-electron chi connectivity index (χ1n) is 7.46. The van der Waals surface area contributed by atoms with Gasteiger partial charge in [-0.3, -0.25) is 9.55 Å². The minimum atomic E-state index is -3.26. The molecule has 8 heteroatoms. The Balaban J connectivity index is 2.10. The van der Waals surface area contributed by atoms with Gasteiger partial charge in [0.15, 0.2) is 6.61 Å². The van der Waals surface area contributed by atoms with Crippen molar-refractivity contribution in [2.75, 3.05) is 20.4 Å². The third-order valence-corrected chi connectivity index (χ3v) is 5.66. The van der Waals surface area contributed by atoms with Crippen molar-refractivity contribution in [2.45, 2.75) is 12.8 Å². The number of carbonyl (C=O) groups is 1. The summed E-state index contributed by atoms with van der Waals surface area (Å²) in [5, 5.41) is 0.387. The van der Waals surface area contributed by atoms with E-state index < -0.39 is 19.2 Å². The van der Waals surface area contributed by atoms with Crippen LogP contribution >= 0.6 is 19.0 Å². The van der Waals surface area contributed by atoms with Gasteiger partial charge in [0.1, 0.15) is 5.75 Å². The third-order valence-electron chi connectivity index (χ3n) is 3.40. The van der Waals surface area contributed by atoms with Crippen molar-refractivity contribution in [3.63, 3.8) is 0 Å². The van der Waals surface area contributed by atoms with Crippen LogP contribution in [0, 0.1) is 6.92 Å². The molecule has 1 aromatic carbocycles. The van der Waals surface area contributed by atoms with Crippen LogP contribution in [-0.4, -0.2) is 31.3 Å². The lowest BCUT2D eigenvalue weighted by Crippen LogP contribution is -2.19. The Morgan fingerprint density at radius 1 is 1.32 bits per heavy atom. The fourth-order valence-electron chi connectivity index (χ4n) is 2.03. The molecule has 0 saturated heterocycles. The molecule has 0 fully saturated rings. The summed E-state index contributed by atoms with van der Waals surface area (Å²) in [5.41, 5.74) is 1.29. The Morgan fingerprint density at radius 2 is 2.08 bits per heavy atom. The van der Waals surface area contributed by atoms with Gasteiger partial charge in [-0.2, -0.15) is 0 Å².